The fourth-order valence-corrected chi connectivity index (χ4v) is 3.78. The molecule has 2 aliphatic rings. The van der Waals surface area contributed by atoms with Gasteiger partial charge >= 0.3 is 0 Å². The fourth-order valence-electron chi connectivity index (χ4n) is 3.78. The highest BCUT2D eigenvalue weighted by atomic mass is 16.5. The molecule has 0 spiro atoms. The van der Waals surface area contributed by atoms with Crippen LogP contribution in [0.4, 0.5) is 5.69 Å². The number of rotatable bonds is 6. The van der Waals surface area contributed by atoms with E-state index in [9.17, 15) is 14.4 Å². The monoisotopic (exact) mass is 421 g/mol. The number of carbonyl (C=O) groups is 3. The molecule has 0 aromatic heterocycles. The van der Waals surface area contributed by atoms with Gasteiger partial charge < -0.3 is 20.3 Å². The van der Waals surface area contributed by atoms with Crippen LogP contribution in [0, 0.1) is 5.92 Å². The number of ether oxygens (including phenoxy) is 1. The van der Waals surface area contributed by atoms with E-state index in [1.807, 2.05) is 0 Å². The number of methoxy groups -OCH3 is 1. The quantitative estimate of drug-likeness (QED) is 0.750. The summed E-state index contributed by atoms with van der Waals surface area (Å²) in [5.41, 5.74) is 1.40. The Hall–Kier alpha value is -3.35. The number of benzene rings is 2. The summed E-state index contributed by atoms with van der Waals surface area (Å²) < 4.78 is 5.12. The van der Waals surface area contributed by atoms with Crippen LogP contribution in [0.2, 0.25) is 0 Å². The Bertz CT molecular complexity index is 961. The van der Waals surface area contributed by atoms with Gasteiger partial charge in [0, 0.05) is 30.6 Å². The summed E-state index contributed by atoms with van der Waals surface area (Å²) in [6.45, 7) is 1.06. The standard InChI is InChI=1S/C24H27N3O4/c1-31-19-10-6-16(7-11-19)23(29)26-21-5-3-2-4-20(21)24(30)27-14-12-17(13-15-27)22(28)25-18-8-9-18/h2-7,10-11,17-18H,8-9,12-15H2,1H3,(H,25,28)(H,26,29). The number of hydrogen-bond donors (Lipinski definition) is 2. The zero-order valence-electron chi connectivity index (χ0n) is 17.6. The first-order valence-corrected chi connectivity index (χ1v) is 10.7. The molecule has 162 valence electrons. The summed E-state index contributed by atoms with van der Waals surface area (Å²) >= 11 is 0. The zero-order valence-corrected chi connectivity index (χ0v) is 17.6. The van der Waals surface area contributed by atoms with Crippen molar-refractivity contribution in [2.45, 2.75) is 31.7 Å². The van der Waals surface area contributed by atoms with Gasteiger partial charge in [0.05, 0.1) is 18.4 Å². The van der Waals surface area contributed by atoms with Crippen LogP contribution in [-0.4, -0.2) is 48.9 Å². The second-order valence-electron chi connectivity index (χ2n) is 8.08. The molecule has 2 aromatic rings. The number of para-hydroxylation sites is 1. The van der Waals surface area contributed by atoms with E-state index >= 15 is 0 Å². The molecule has 2 fully saturated rings. The van der Waals surface area contributed by atoms with Gasteiger partial charge in [-0.2, -0.15) is 0 Å². The second kappa shape index (κ2) is 9.20. The normalized spacial score (nSPS) is 16.5. The van der Waals surface area contributed by atoms with Crippen molar-refractivity contribution in [1.82, 2.24) is 10.2 Å². The molecule has 0 radical (unpaired) electrons. The molecular formula is C24H27N3O4. The predicted molar refractivity (Wildman–Crippen MR) is 117 cm³/mol. The predicted octanol–water partition coefficient (Wildman–Crippen LogP) is 3.08. The summed E-state index contributed by atoms with van der Waals surface area (Å²) in [5.74, 6) is 0.322. The van der Waals surface area contributed by atoms with Crippen LogP contribution in [-0.2, 0) is 4.79 Å². The molecule has 0 unspecified atom stereocenters. The molecule has 1 aliphatic heterocycles. The van der Waals surface area contributed by atoms with E-state index in [0.717, 1.165) is 12.8 Å². The van der Waals surface area contributed by atoms with Crippen LogP contribution in [0.25, 0.3) is 0 Å². The third-order valence-electron chi connectivity index (χ3n) is 5.83. The number of likely N-dealkylation sites (tertiary alicyclic amines) is 1. The minimum atomic E-state index is -0.293. The van der Waals surface area contributed by atoms with Gasteiger partial charge in [0.1, 0.15) is 5.75 Å². The lowest BCUT2D eigenvalue weighted by atomic mass is 9.95. The van der Waals surface area contributed by atoms with Gasteiger partial charge in [-0.15, -0.1) is 0 Å². The maximum Gasteiger partial charge on any atom is 0.255 e. The van der Waals surface area contributed by atoms with Gasteiger partial charge in [-0.05, 0) is 62.1 Å². The topological polar surface area (TPSA) is 87.7 Å². The Labute approximate surface area is 181 Å². The van der Waals surface area contributed by atoms with Crippen LogP contribution in [0.5, 0.6) is 5.75 Å². The van der Waals surface area contributed by atoms with E-state index in [1.54, 1.807) is 60.5 Å². The molecule has 1 saturated carbocycles. The molecule has 0 atom stereocenters. The third-order valence-corrected chi connectivity index (χ3v) is 5.83. The zero-order chi connectivity index (χ0) is 21.8. The largest absolute Gasteiger partial charge is 0.497 e. The van der Waals surface area contributed by atoms with Crippen molar-refractivity contribution in [3.8, 4) is 5.75 Å². The van der Waals surface area contributed by atoms with Crippen molar-refractivity contribution in [2.24, 2.45) is 5.92 Å². The van der Waals surface area contributed by atoms with Gasteiger partial charge in [-0.25, -0.2) is 0 Å². The maximum absolute atomic E-state index is 13.1. The average Bonchev–Trinajstić information content (AvgIpc) is 3.63. The van der Waals surface area contributed by atoms with Gasteiger partial charge in [-0.1, -0.05) is 12.1 Å². The number of nitrogens with zero attached hydrogens (tertiary/aromatic N) is 1. The van der Waals surface area contributed by atoms with Crippen LogP contribution >= 0.6 is 0 Å². The van der Waals surface area contributed by atoms with E-state index in [4.69, 9.17) is 4.74 Å². The van der Waals surface area contributed by atoms with Crippen LogP contribution in [0.15, 0.2) is 48.5 Å². The van der Waals surface area contributed by atoms with Crippen molar-refractivity contribution >= 4 is 23.4 Å². The molecule has 7 heteroatoms. The van der Waals surface area contributed by atoms with E-state index in [-0.39, 0.29) is 23.6 Å². The summed E-state index contributed by atoms with van der Waals surface area (Å²) in [7, 11) is 1.57. The highest BCUT2D eigenvalue weighted by molar-refractivity contribution is 6.09. The van der Waals surface area contributed by atoms with Gasteiger partial charge in [0.25, 0.3) is 11.8 Å². The van der Waals surface area contributed by atoms with E-state index in [0.29, 0.717) is 54.5 Å². The van der Waals surface area contributed by atoms with Crippen molar-refractivity contribution in [2.75, 3.05) is 25.5 Å². The summed E-state index contributed by atoms with van der Waals surface area (Å²) in [4.78, 5) is 39.8. The Morgan fingerprint density at radius 3 is 2.26 bits per heavy atom. The molecule has 2 aromatic carbocycles. The molecule has 4 rings (SSSR count). The lowest BCUT2D eigenvalue weighted by Crippen LogP contribution is -2.43. The summed E-state index contributed by atoms with van der Waals surface area (Å²) in [6.07, 6.45) is 3.46. The SMILES string of the molecule is COc1ccc(C(=O)Nc2ccccc2C(=O)N2CCC(C(=O)NC3CC3)CC2)cc1. The second-order valence-corrected chi connectivity index (χ2v) is 8.08. The minimum absolute atomic E-state index is 0.0327. The van der Waals surface area contributed by atoms with Gasteiger partial charge in [0.15, 0.2) is 0 Å². The highest BCUT2D eigenvalue weighted by Crippen LogP contribution is 2.25. The molecule has 1 heterocycles. The van der Waals surface area contributed by atoms with Crippen molar-refractivity contribution in [1.29, 1.82) is 0 Å². The van der Waals surface area contributed by atoms with Gasteiger partial charge in [0.2, 0.25) is 5.91 Å². The van der Waals surface area contributed by atoms with Crippen molar-refractivity contribution in [3.63, 3.8) is 0 Å². The number of nitrogens with one attached hydrogen (secondary N) is 2. The molecule has 31 heavy (non-hydrogen) atoms. The molecule has 1 saturated heterocycles. The smallest absolute Gasteiger partial charge is 0.255 e. The Morgan fingerprint density at radius 1 is 0.935 bits per heavy atom. The Balaban J connectivity index is 1.40. The fraction of sp³-hybridized carbons (Fsp3) is 0.375. The number of piperidine rings is 1. The number of carbonyl (C=O) groups excluding carboxylic acids is 3. The van der Waals surface area contributed by atoms with Crippen molar-refractivity contribution < 1.29 is 19.1 Å². The third kappa shape index (κ3) is 5.05. The molecular weight excluding hydrogens is 394 g/mol. The molecule has 2 N–H and O–H groups in total. The number of hydrogen-bond acceptors (Lipinski definition) is 4. The van der Waals surface area contributed by atoms with E-state index < -0.39 is 0 Å². The van der Waals surface area contributed by atoms with E-state index in [1.165, 1.54) is 0 Å². The maximum atomic E-state index is 13.1. The first-order chi connectivity index (χ1) is 15.0. The summed E-state index contributed by atoms with van der Waals surface area (Å²) in [6, 6.07) is 14.2. The Morgan fingerprint density at radius 2 is 1.61 bits per heavy atom. The number of anilines is 1. The average molecular weight is 421 g/mol. The first kappa shape index (κ1) is 20.9. The molecule has 7 nitrogen and oxygen atoms in total. The van der Waals surface area contributed by atoms with Crippen LogP contribution in [0.3, 0.4) is 0 Å². The van der Waals surface area contributed by atoms with Crippen LogP contribution < -0.4 is 15.4 Å². The van der Waals surface area contributed by atoms with Crippen molar-refractivity contribution in [3.05, 3.63) is 59.7 Å². The number of amides is 3. The first-order valence-electron chi connectivity index (χ1n) is 10.7. The highest BCUT2D eigenvalue weighted by Gasteiger charge is 2.31. The van der Waals surface area contributed by atoms with E-state index in [2.05, 4.69) is 10.6 Å². The molecule has 3 amide bonds. The minimum Gasteiger partial charge on any atom is -0.497 e. The molecule has 0 bridgehead atoms. The lowest BCUT2D eigenvalue weighted by Gasteiger charge is -2.32. The van der Waals surface area contributed by atoms with Gasteiger partial charge in [-0.3, -0.25) is 14.4 Å². The summed E-state index contributed by atoms with van der Waals surface area (Å²) in [5, 5.41) is 5.90. The van der Waals surface area contributed by atoms with Crippen LogP contribution in [0.1, 0.15) is 46.4 Å². The Kier molecular flexibility index (Phi) is 6.21. The lowest BCUT2D eigenvalue weighted by molar-refractivity contribution is -0.126. The molecule has 1 aliphatic carbocycles.